The van der Waals surface area contributed by atoms with Gasteiger partial charge in [-0.25, -0.2) is 0 Å². The smallest absolute Gasteiger partial charge is 0.227 e. The summed E-state index contributed by atoms with van der Waals surface area (Å²) in [6, 6.07) is 18.5. The summed E-state index contributed by atoms with van der Waals surface area (Å²) in [4.78, 5) is 29.8. The topological polar surface area (TPSA) is 49.9 Å². The Hall–Kier alpha value is -2.66. The molecule has 30 heavy (non-hydrogen) atoms. The molecule has 0 aromatic heterocycles. The van der Waals surface area contributed by atoms with Crippen LogP contribution in [-0.2, 0) is 20.7 Å². The van der Waals surface area contributed by atoms with Crippen LogP contribution in [0.4, 0.5) is 0 Å². The van der Waals surface area contributed by atoms with Crippen LogP contribution < -0.4 is 0 Å². The monoisotopic (exact) mass is 408 g/mol. The molecule has 1 fully saturated rings. The molecule has 1 atom stereocenters. The Bertz CT molecular complexity index is 837. The van der Waals surface area contributed by atoms with Gasteiger partial charge in [-0.05, 0) is 29.5 Å². The number of hydrogen-bond acceptors (Lipinski definition) is 3. The lowest BCUT2D eigenvalue weighted by molar-refractivity contribution is -0.135. The minimum absolute atomic E-state index is 0.0596. The van der Waals surface area contributed by atoms with Crippen molar-refractivity contribution >= 4 is 11.8 Å². The maximum Gasteiger partial charge on any atom is 0.227 e. The molecule has 0 radical (unpaired) electrons. The van der Waals surface area contributed by atoms with E-state index in [1.165, 1.54) is 0 Å². The molecule has 1 aliphatic heterocycles. The van der Waals surface area contributed by atoms with Gasteiger partial charge < -0.3 is 14.5 Å². The predicted octanol–water partition coefficient (Wildman–Crippen LogP) is 3.63. The number of amides is 2. The standard InChI is InChI=1S/C25H32N2O3/c1-3-14-26-15-16-27(24(28)13-17-30-2)19-22(25(26)29)18-21-11-7-8-12-23(21)20-9-5-4-6-10-20/h4-12,22H,3,13-19H2,1-2H3. The van der Waals surface area contributed by atoms with Crippen molar-refractivity contribution in [2.24, 2.45) is 5.92 Å². The quantitative estimate of drug-likeness (QED) is 0.670. The van der Waals surface area contributed by atoms with Crippen molar-refractivity contribution in [1.29, 1.82) is 0 Å². The van der Waals surface area contributed by atoms with Crippen LogP contribution in [0, 0.1) is 5.92 Å². The van der Waals surface area contributed by atoms with E-state index in [0.717, 1.165) is 29.7 Å². The van der Waals surface area contributed by atoms with E-state index in [1.54, 1.807) is 7.11 Å². The molecule has 1 saturated heterocycles. The van der Waals surface area contributed by atoms with Crippen molar-refractivity contribution in [3.63, 3.8) is 0 Å². The molecular formula is C25H32N2O3. The fourth-order valence-corrected chi connectivity index (χ4v) is 4.13. The van der Waals surface area contributed by atoms with Gasteiger partial charge in [0, 0.05) is 33.3 Å². The Morgan fingerprint density at radius 3 is 2.53 bits per heavy atom. The molecule has 2 aromatic carbocycles. The Kier molecular flexibility index (Phi) is 8.03. The largest absolute Gasteiger partial charge is 0.384 e. The number of nitrogens with zero attached hydrogens (tertiary/aromatic N) is 2. The average Bonchev–Trinajstić information content (AvgIpc) is 2.93. The fourth-order valence-electron chi connectivity index (χ4n) is 4.13. The molecule has 2 amide bonds. The van der Waals surface area contributed by atoms with Gasteiger partial charge in [0.1, 0.15) is 0 Å². The minimum atomic E-state index is -0.240. The summed E-state index contributed by atoms with van der Waals surface area (Å²) in [6.45, 7) is 4.87. The lowest BCUT2D eigenvalue weighted by atomic mass is 9.91. The van der Waals surface area contributed by atoms with Gasteiger partial charge in [0.2, 0.25) is 11.8 Å². The number of ether oxygens (including phenoxy) is 1. The summed E-state index contributed by atoms with van der Waals surface area (Å²) in [5.41, 5.74) is 3.44. The summed E-state index contributed by atoms with van der Waals surface area (Å²) in [7, 11) is 1.60. The zero-order chi connectivity index (χ0) is 21.3. The van der Waals surface area contributed by atoms with Crippen molar-refractivity contribution < 1.29 is 14.3 Å². The van der Waals surface area contributed by atoms with Gasteiger partial charge in [0.05, 0.1) is 18.9 Å². The molecule has 160 valence electrons. The molecule has 2 aromatic rings. The third kappa shape index (κ3) is 5.48. The van der Waals surface area contributed by atoms with Crippen molar-refractivity contribution in [2.45, 2.75) is 26.2 Å². The third-order valence-electron chi connectivity index (χ3n) is 5.68. The highest BCUT2D eigenvalue weighted by Gasteiger charge is 2.32. The van der Waals surface area contributed by atoms with Crippen molar-refractivity contribution in [3.8, 4) is 11.1 Å². The maximum absolute atomic E-state index is 13.3. The summed E-state index contributed by atoms with van der Waals surface area (Å²) in [5.74, 6) is -0.0264. The van der Waals surface area contributed by atoms with Gasteiger partial charge in [-0.2, -0.15) is 0 Å². The van der Waals surface area contributed by atoms with Crippen LogP contribution in [-0.4, -0.2) is 61.5 Å². The van der Waals surface area contributed by atoms with Gasteiger partial charge in [-0.3, -0.25) is 9.59 Å². The second kappa shape index (κ2) is 10.9. The van der Waals surface area contributed by atoms with E-state index in [4.69, 9.17) is 4.74 Å². The van der Waals surface area contributed by atoms with E-state index >= 15 is 0 Å². The summed E-state index contributed by atoms with van der Waals surface area (Å²) < 4.78 is 5.08. The van der Waals surface area contributed by atoms with E-state index in [9.17, 15) is 9.59 Å². The number of carbonyl (C=O) groups excluding carboxylic acids is 2. The average molecular weight is 409 g/mol. The molecule has 5 heteroatoms. The molecule has 1 aliphatic rings. The van der Waals surface area contributed by atoms with Crippen LogP contribution in [0.3, 0.4) is 0 Å². The molecule has 3 rings (SSSR count). The molecule has 1 unspecified atom stereocenters. The number of rotatable bonds is 8. The number of carbonyl (C=O) groups is 2. The molecule has 0 bridgehead atoms. The van der Waals surface area contributed by atoms with E-state index in [2.05, 4.69) is 31.2 Å². The second-order valence-corrected chi connectivity index (χ2v) is 7.83. The van der Waals surface area contributed by atoms with Crippen LogP contribution in [0.5, 0.6) is 0 Å². The van der Waals surface area contributed by atoms with Gasteiger partial charge >= 0.3 is 0 Å². The normalized spacial score (nSPS) is 17.1. The van der Waals surface area contributed by atoms with Crippen molar-refractivity contribution in [2.75, 3.05) is 39.9 Å². The Morgan fingerprint density at radius 2 is 1.80 bits per heavy atom. The Balaban J connectivity index is 1.86. The van der Waals surface area contributed by atoms with Gasteiger partial charge in [-0.1, -0.05) is 61.5 Å². The van der Waals surface area contributed by atoms with Gasteiger partial charge in [0.15, 0.2) is 0 Å². The van der Waals surface area contributed by atoms with Crippen LogP contribution in [0.1, 0.15) is 25.3 Å². The fraction of sp³-hybridized carbons (Fsp3) is 0.440. The van der Waals surface area contributed by atoms with Crippen LogP contribution >= 0.6 is 0 Å². The van der Waals surface area contributed by atoms with Crippen molar-refractivity contribution in [3.05, 3.63) is 60.2 Å². The summed E-state index contributed by atoms with van der Waals surface area (Å²) in [6.07, 6.45) is 1.89. The molecular weight excluding hydrogens is 376 g/mol. The predicted molar refractivity (Wildman–Crippen MR) is 119 cm³/mol. The molecule has 1 heterocycles. The first-order valence-electron chi connectivity index (χ1n) is 10.8. The Morgan fingerprint density at radius 1 is 1.07 bits per heavy atom. The first kappa shape index (κ1) is 22.0. The molecule has 5 nitrogen and oxygen atoms in total. The van der Waals surface area contributed by atoms with E-state index in [1.807, 2.05) is 40.1 Å². The molecule has 0 N–H and O–H groups in total. The van der Waals surface area contributed by atoms with Crippen molar-refractivity contribution in [1.82, 2.24) is 9.80 Å². The lowest BCUT2D eigenvalue weighted by Gasteiger charge is -2.24. The highest BCUT2D eigenvalue weighted by molar-refractivity contribution is 5.83. The second-order valence-electron chi connectivity index (χ2n) is 7.83. The number of methoxy groups -OCH3 is 1. The number of benzene rings is 2. The van der Waals surface area contributed by atoms with E-state index < -0.39 is 0 Å². The van der Waals surface area contributed by atoms with Gasteiger partial charge in [0.25, 0.3) is 0 Å². The van der Waals surface area contributed by atoms with E-state index in [-0.39, 0.29) is 17.7 Å². The molecule has 0 saturated carbocycles. The SMILES string of the molecule is CCCN1CCN(C(=O)CCOC)CC(Cc2ccccc2-c2ccccc2)C1=O. The summed E-state index contributed by atoms with van der Waals surface area (Å²) in [5, 5.41) is 0. The van der Waals surface area contributed by atoms with E-state index in [0.29, 0.717) is 39.1 Å². The zero-order valence-electron chi connectivity index (χ0n) is 18.0. The van der Waals surface area contributed by atoms with Crippen LogP contribution in [0.2, 0.25) is 0 Å². The number of hydrogen-bond donors (Lipinski definition) is 0. The zero-order valence-corrected chi connectivity index (χ0v) is 18.0. The third-order valence-corrected chi connectivity index (χ3v) is 5.68. The van der Waals surface area contributed by atoms with Crippen LogP contribution in [0.25, 0.3) is 11.1 Å². The van der Waals surface area contributed by atoms with Gasteiger partial charge in [-0.15, -0.1) is 0 Å². The minimum Gasteiger partial charge on any atom is -0.384 e. The highest BCUT2D eigenvalue weighted by atomic mass is 16.5. The molecule has 0 spiro atoms. The maximum atomic E-state index is 13.3. The molecule has 0 aliphatic carbocycles. The first-order valence-corrected chi connectivity index (χ1v) is 10.8. The first-order chi connectivity index (χ1) is 14.6. The summed E-state index contributed by atoms with van der Waals surface area (Å²) >= 11 is 0. The highest BCUT2D eigenvalue weighted by Crippen LogP contribution is 2.27. The lowest BCUT2D eigenvalue weighted by Crippen LogP contribution is -2.38. The Labute approximate surface area is 179 Å². The van der Waals surface area contributed by atoms with Crippen LogP contribution in [0.15, 0.2) is 54.6 Å².